The van der Waals surface area contributed by atoms with Crippen LogP contribution in [0.15, 0.2) is 35.4 Å². The van der Waals surface area contributed by atoms with Gasteiger partial charge in [-0.15, -0.1) is 0 Å². The monoisotopic (exact) mass is 242 g/mol. The third kappa shape index (κ3) is 2.30. The molecule has 0 aliphatic carbocycles. The molecule has 1 aliphatic rings. The quantitative estimate of drug-likeness (QED) is 0.745. The smallest absolute Gasteiger partial charge is 0.272 e. The number of rotatable bonds is 1. The molecule has 0 saturated heterocycles. The maximum absolute atomic E-state index is 12.6. The van der Waals surface area contributed by atoms with Crippen LogP contribution in [0.4, 0.5) is 18.9 Å². The highest BCUT2D eigenvalue weighted by atomic mass is 19.4. The first-order chi connectivity index (χ1) is 8.00. The molecule has 0 spiro atoms. The van der Waals surface area contributed by atoms with E-state index < -0.39 is 24.4 Å². The van der Waals surface area contributed by atoms with Gasteiger partial charge in [0, 0.05) is 12.6 Å². The van der Waals surface area contributed by atoms with Gasteiger partial charge in [-0.2, -0.15) is 18.3 Å². The van der Waals surface area contributed by atoms with Crippen molar-refractivity contribution < 1.29 is 18.0 Å². The van der Waals surface area contributed by atoms with E-state index in [0.29, 0.717) is 5.69 Å². The zero-order chi connectivity index (χ0) is 12.5. The molecule has 1 aliphatic heterocycles. The number of para-hydroxylation sites is 1. The van der Waals surface area contributed by atoms with E-state index >= 15 is 0 Å². The molecule has 1 unspecified atom stereocenters. The Morgan fingerprint density at radius 1 is 1.24 bits per heavy atom. The van der Waals surface area contributed by atoms with Gasteiger partial charge in [0.05, 0.1) is 5.69 Å². The standard InChI is InChI=1S/C11H9F3N2O/c12-11(13,14)9-6-7-15-16(10(9)17)8-4-2-1-3-5-8/h1-5,7,9H,6H2. The molecule has 1 atom stereocenters. The van der Waals surface area contributed by atoms with Crippen molar-refractivity contribution in [3.8, 4) is 0 Å². The summed E-state index contributed by atoms with van der Waals surface area (Å²) in [7, 11) is 0. The van der Waals surface area contributed by atoms with E-state index in [0.717, 1.165) is 11.2 Å². The second kappa shape index (κ2) is 4.20. The van der Waals surface area contributed by atoms with Crippen LogP contribution in [0.5, 0.6) is 0 Å². The van der Waals surface area contributed by atoms with E-state index in [1.165, 1.54) is 12.1 Å². The second-order valence-corrected chi connectivity index (χ2v) is 3.61. The van der Waals surface area contributed by atoms with Crippen LogP contribution in [0, 0.1) is 5.92 Å². The van der Waals surface area contributed by atoms with E-state index in [-0.39, 0.29) is 0 Å². The highest BCUT2D eigenvalue weighted by Crippen LogP contribution is 2.33. The van der Waals surface area contributed by atoms with Gasteiger partial charge in [0.25, 0.3) is 5.91 Å². The van der Waals surface area contributed by atoms with Gasteiger partial charge in [-0.3, -0.25) is 4.79 Å². The van der Waals surface area contributed by atoms with Crippen molar-refractivity contribution in [2.45, 2.75) is 12.6 Å². The molecule has 1 amide bonds. The van der Waals surface area contributed by atoms with Crippen molar-refractivity contribution in [1.82, 2.24) is 0 Å². The molecule has 0 N–H and O–H groups in total. The van der Waals surface area contributed by atoms with Gasteiger partial charge >= 0.3 is 6.18 Å². The van der Waals surface area contributed by atoms with Gasteiger partial charge in [0.15, 0.2) is 0 Å². The molecule has 3 nitrogen and oxygen atoms in total. The van der Waals surface area contributed by atoms with E-state index in [1.54, 1.807) is 18.2 Å². The average Bonchev–Trinajstić information content (AvgIpc) is 2.29. The molecule has 6 heteroatoms. The Morgan fingerprint density at radius 3 is 2.47 bits per heavy atom. The van der Waals surface area contributed by atoms with Crippen LogP contribution >= 0.6 is 0 Å². The molecule has 0 saturated carbocycles. The van der Waals surface area contributed by atoms with Crippen LogP contribution in [-0.4, -0.2) is 18.3 Å². The number of alkyl halides is 3. The minimum atomic E-state index is -4.53. The number of hydrogen-bond acceptors (Lipinski definition) is 2. The Morgan fingerprint density at radius 2 is 1.88 bits per heavy atom. The van der Waals surface area contributed by atoms with Crippen LogP contribution in [-0.2, 0) is 4.79 Å². The van der Waals surface area contributed by atoms with E-state index in [2.05, 4.69) is 5.10 Å². The van der Waals surface area contributed by atoms with Gasteiger partial charge in [-0.1, -0.05) is 18.2 Å². The number of carbonyl (C=O) groups excluding carboxylic acids is 1. The Labute approximate surface area is 95.5 Å². The molecule has 1 aromatic carbocycles. The van der Waals surface area contributed by atoms with Crippen LogP contribution in [0.2, 0.25) is 0 Å². The molecule has 0 radical (unpaired) electrons. The molecule has 0 bridgehead atoms. The number of amides is 1. The zero-order valence-corrected chi connectivity index (χ0v) is 8.69. The summed E-state index contributed by atoms with van der Waals surface area (Å²) in [5.74, 6) is -3.04. The molecular weight excluding hydrogens is 233 g/mol. The number of nitrogens with zero attached hydrogens (tertiary/aromatic N) is 2. The first kappa shape index (κ1) is 11.6. The summed E-state index contributed by atoms with van der Waals surface area (Å²) in [5.41, 5.74) is 0.336. The van der Waals surface area contributed by atoms with Crippen LogP contribution in [0.25, 0.3) is 0 Å². The van der Waals surface area contributed by atoms with Crippen LogP contribution in [0.3, 0.4) is 0 Å². The molecule has 0 fully saturated rings. The summed E-state index contributed by atoms with van der Waals surface area (Å²) in [6, 6.07) is 8.05. The van der Waals surface area contributed by atoms with Crippen molar-refractivity contribution in [1.29, 1.82) is 0 Å². The largest absolute Gasteiger partial charge is 0.400 e. The lowest BCUT2D eigenvalue weighted by Crippen LogP contribution is -2.43. The summed E-state index contributed by atoms with van der Waals surface area (Å²) in [5, 5.41) is 4.50. The predicted octanol–water partition coefficient (Wildman–Crippen LogP) is 2.59. The first-order valence-electron chi connectivity index (χ1n) is 4.98. The van der Waals surface area contributed by atoms with Crippen LogP contribution < -0.4 is 5.01 Å². The molecule has 1 heterocycles. The summed E-state index contributed by atoms with van der Waals surface area (Å²) < 4.78 is 37.7. The van der Waals surface area contributed by atoms with Crippen molar-refractivity contribution in [2.75, 3.05) is 5.01 Å². The number of halogens is 3. The SMILES string of the molecule is O=C1C(C(F)(F)F)CC=NN1c1ccccc1. The first-order valence-corrected chi connectivity index (χ1v) is 4.98. The highest BCUT2D eigenvalue weighted by Gasteiger charge is 2.47. The number of hydrazone groups is 1. The lowest BCUT2D eigenvalue weighted by Gasteiger charge is -2.27. The van der Waals surface area contributed by atoms with Crippen molar-refractivity contribution in [3.63, 3.8) is 0 Å². The number of carbonyl (C=O) groups is 1. The third-order valence-electron chi connectivity index (χ3n) is 2.44. The van der Waals surface area contributed by atoms with Crippen molar-refractivity contribution in [2.24, 2.45) is 11.0 Å². The molecule has 1 aromatic rings. The van der Waals surface area contributed by atoms with Gasteiger partial charge in [-0.25, -0.2) is 5.01 Å². The zero-order valence-electron chi connectivity index (χ0n) is 8.69. The average molecular weight is 242 g/mol. The van der Waals surface area contributed by atoms with Gasteiger partial charge in [0.2, 0.25) is 0 Å². The van der Waals surface area contributed by atoms with Gasteiger partial charge in [0.1, 0.15) is 5.92 Å². The summed E-state index contributed by atoms with van der Waals surface area (Å²) in [4.78, 5) is 11.7. The van der Waals surface area contributed by atoms with Gasteiger partial charge < -0.3 is 0 Å². The van der Waals surface area contributed by atoms with Crippen molar-refractivity contribution in [3.05, 3.63) is 30.3 Å². The molecule has 2 rings (SSSR count). The van der Waals surface area contributed by atoms with Crippen molar-refractivity contribution >= 4 is 17.8 Å². The van der Waals surface area contributed by atoms with E-state index in [4.69, 9.17) is 0 Å². The summed E-state index contributed by atoms with van der Waals surface area (Å²) in [6.45, 7) is 0. The highest BCUT2D eigenvalue weighted by molar-refractivity contribution is 5.99. The fourth-order valence-corrected chi connectivity index (χ4v) is 1.58. The summed E-state index contributed by atoms with van der Waals surface area (Å²) >= 11 is 0. The number of hydrogen-bond donors (Lipinski definition) is 0. The minimum absolute atomic E-state index is 0.336. The maximum Gasteiger partial charge on any atom is 0.400 e. The lowest BCUT2D eigenvalue weighted by molar-refractivity contribution is -0.180. The molecule has 0 aromatic heterocycles. The Kier molecular flexibility index (Phi) is 2.87. The Hall–Kier alpha value is -1.85. The second-order valence-electron chi connectivity index (χ2n) is 3.61. The third-order valence-corrected chi connectivity index (χ3v) is 2.44. The van der Waals surface area contributed by atoms with Crippen LogP contribution in [0.1, 0.15) is 6.42 Å². The normalized spacial score (nSPS) is 20.8. The maximum atomic E-state index is 12.6. The lowest BCUT2D eigenvalue weighted by atomic mass is 10.0. The fourth-order valence-electron chi connectivity index (χ4n) is 1.58. The topological polar surface area (TPSA) is 32.7 Å². The van der Waals surface area contributed by atoms with Gasteiger partial charge in [-0.05, 0) is 12.1 Å². The Balaban J connectivity index is 2.30. The fraction of sp³-hybridized carbons (Fsp3) is 0.273. The molecule has 90 valence electrons. The minimum Gasteiger partial charge on any atom is -0.272 e. The number of anilines is 1. The molecule has 17 heavy (non-hydrogen) atoms. The summed E-state index contributed by atoms with van der Waals surface area (Å²) in [6.07, 6.45) is -3.81. The van der Waals surface area contributed by atoms with E-state index in [9.17, 15) is 18.0 Å². The molecular formula is C11H9F3N2O. The van der Waals surface area contributed by atoms with E-state index in [1.807, 2.05) is 0 Å². The predicted molar refractivity (Wildman–Crippen MR) is 56.6 cm³/mol. The Bertz CT molecular complexity index is 442. The number of benzene rings is 1.